The second kappa shape index (κ2) is 11.4. The molecule has 1 amide bonds. The number of anilines is 1. The summed E-state index contributed by atoms with van der Waals surface area (Å²) in [4.78, 5) is 22.1. The van der Waals surface area contributed by atoms with Gasteiger partial charge in [0.05, 0.1) is 54.0 Å². The van der Waals surface area contributed by atoms with Crippen LogP contribution in [0.1, 0.15) is 58.0 Å². The van der Waals surface area contributed by atoms with Gasteiger partial charge in [-0.15, -0.1) is 11.3 Å². The monoisotopic (exact) mass is 631 g/mol. The molecule has 44 heavy (non-hydrogen) atoms. The number of carbonyl (C=O) groups excluding carboxylic acids is 1. The number of morpholine rings is 1. The number of rotatable bonds is 4. The number of ether oxygens (including phenoxy) is 2. The van der Waals surface area contributed by atoms with Crippen LogP contribution in [-0.4, -0.2) is 79.9 Å². The van der Waals surface area contributed by atoms with Crippen molar-refractivity contribution in [2.75, 3.05) is 37.7 Å². The van der Waals surface area contributed by atoms with Crippen molar-refractivity contribution < 1.29 is 27.4 Å². The van der Waals surface area contributed by atoms with E-state index in [1.165, 1.54) is 15.9 Å². The second-order valence-corrected chi connectivity index (χ2v) is 13.3. The Kier molecular flexibility index (Phi) is 7.85. The molecule has 10 nitrogen and oxygen atoms in total. The minimum Gasteiger partial charge on any atom is -0.444 e. The second-order valence-electron chi connectivity index (χ2n) is 12.3. The maximum atomic E-state index is 15.1. The van der Waals surface area contributed by atoms with Crippen LogP contribution >= 0.6 is 11.3 Å². The van der Waals surface area contributed by atoms with E-state index in [-0.39, 0.29) is 36.1 Å². The molecule has 4 aromatic rings. The molecule has 14 heteroatoms. The zero-order chi connectivity index (χ0) is 31.4. The highest BCUT2D eigenvalue weighted by molar-refractivity contribution is 7.13. The first-order valence-corrected chi connectivity index (χ1v) is 15.6. The highest BCUT2D eigenvalue weighted by Gasteiger charge is 2.43. The van der Waals surface area contributed by atoms with E-state index in [4.69, 9.17) is 14.5 Å². The Morgan fingerprint density at radius 2 is 1.91 bits per heavy atom. The van der Waals surface area contributed by atoms with Crippen LogP contribution in [0.3, 0.4) is 0 Å². The van der Waals surface area contributed by atoms with E-state index in [0.29, 0.717) is 44.1 Å². The van der Waals surface area contributed by atoms with E-state index in [0.717, 1.165) is 15.1 Å². The molecule has 4 aromatic heterocycles. The van der Waals surface area contributed by atoms with E-state index < -0.39 is 29.6 Å². The van der Waals surface area contributed by atoms with Crippen molar-refractivity contribution in [2.45, 2.75) is 71.3 Å². The minimum atomic E-state index is -4.70. The van der Waals surface area contributed by atoms with Gasteiger partial charge in [0.1, 0.15) is 11.4 Å². The normalized spacial score (nSPS) is 18.8. The number of aromatic nitrogens is 5. The van der Waals surface area contributed by atoms with Crippen LogP contribution in [0.15, 0.2) is 29.8 Å². The van der Waals surface area contributed by atoms with E-state index in [1.807, 2.05) is 24.4 Å². The maximum Gasteiger partial charge on any atom is 0.433 e. The first kappa shape index (κ1) is 30.4. The van der Waals surface area contributed by atoms with E-state index >= 15 is 13.2 Å². The summed E-state index contributed by atoms with van der Waals surface area (Å²) in [5, 5.41) is 11.0. The Hall–Kier alpha value is -3.65. The molecule has 236 valence electrons. The summed E-state index contributed by atoms with van der Waals surface area (Å²) in [6, 6.07) is 4.99. The Labute approximate surface area is 257 Å². The minimum absolute atomic E-state index is 0.0132. The van der Waals surface area contributed by atoms with E-state index in [2.05, 4.69) is 15.1 Å². The van der Waals surface area contributed by atoms with Crippen LogP contribution < -0.4 is 4.90 Å². The quantitative estimate of drug-likeness (QED) is 0.256. The van der Waals surface area contributed by atoms with Crippen LogP contribution in [0.25, 0.3) is 27.3 Å². The van der Waals surface area contributed by atoms with Crippen molar-refractivity contribution in [1.82, 2.24) is 29.3 Å². The van der Waals surface area contributed by atoms with Crippen molar-refractivity contribution in [1.29, 1.82) is 0 Å². The summed E-state index contributed by atoms with van der Waals surface area (Å²) in [6.07, 6.45) is -2.88. The Morgan fingerprint density at radius 3 is 2.55 bits per heavy atom. The predicted octanol–water partition coefficient (Wildman–Crippen LogP) is 6.45. The highest BCUT2D eigenvalue weighted by atomic mass is 32.1. The first-order valence-electron chi connectivity index (χ1n) is 14.7. The van der Waals surface area contributed by atoms with Crippen LogP contribution in [0.4, 0.5) is 23.8 Å². The fraction of sp³-hybridized carbons (Fsp3) is 0.533. The van der Waals surface area contributed by atoms with Gasteiger partial charge in [-0.05, 0) is 58.9 Å². The zero-order valence-electron chi connectivity index (χ0n) is 25.4. The number of piperidine rings is 1. The number of nitrogens with zero attached hydrogens (tertiary/aromatic N) is 7. The number of aryl methyl sites for hydroxylation is 1. The molecule has 6 heterocycles. The number of likely N-dealkylation sites (tertiary alicyclic amines) is 1. The lowest BCUT2D eigenvalue weighted by Gasteiger charge is -2.34. The molecule has 6 rings (SSSR count). The molecule has 2 saturated heterocycles. The fourth-order valence-electron chi connectivity index (χ4n) is 5.96. The first-order chi connectivity index (χ1) is 20.8. The lowest BCUT2D eigenvalue weighted by molar-refractivity contribution is -0.144. The maximum absolute atomic E-state index is 15.1. The standard InChI is InChI=1S/C30H36F3N7O3S/c1-18-17-42-13-12-38(18)24-15-22(40-27(35-24)21(16-34-40)23-7-6-14-44-23)25-19(2)36-39(26(25)30(31,32)33)20-8-10-37(11-9-20)28(41)43-29(3,4)5/h6-7,14-16,18,20H,8-13,17H2,1-5H3/t18-/m1/s1. The van der Waals surface area contributed by atoms with Crippen molar-refractivity contribution in [3.05, 3.63) is 41.2 Å². The highest BCUT2D eigenvalue weighted by Crippen LogP contribution is 2.43. The third kappa shape index (κ3) is 5.76. The number of amides is 1. The average Bonchev–Trinajstić information content (AvgIpc) is 3.70. The molecule has 0 bridgehead atoms. The number of hydrogen-bond acceptors (Lipinski definition) is 8. The molecule has 2 aliphatic rings. The van der Waals surface area contributed by atoms with Crippen LogP contribution in [-0.2, 0) is 15.7 Å². The number of carbonyl (C=O) groups is 1. The van der Waals surface area contributed by atoms with Crippen LogP contribution in [0.2, 0.25) is 0 Å². The number of thiophene rings is 1. The number of alkyl halides is 3. The molecule has 0 aromatic carbocycles. The molecule has 0 N–H and O–H groups in total. The van der Waals surface area contributed by atoms with Crippen molar-refractivity contribution in [2.24, 2.45) is 0 Å². The summed E-state index contributed by atoms with van der Waals surface area (Å²) in [5.74, 6) is 0.563. The van der Waals surface area contributed by atoms with Gasteiger partial charge in [0.25, 0.3) is 0 Å². The summed E-state index contributed by atoms with van der Waals surface area (Å²) >= 11 is 1.52. The molecule has 1 atom stereocenters. The zero-order valence-corrected chi connectivity index (χ0v) is 26.2. The van der Waals surface area contributed by atoms with Gasteiger partial charge in [0.15, 0.2) is 11.3 Å². The molecule has 0 saturated carbocycles. The van der Waals surface area contributed by atoms with Gasteiger partial charge in [0, 0.05) is 30.6 Å². The number of fused-ring (bicyclic) bond motifs is 1. The average molecular weight is 632 g/mol. The summed E-state index contributed by atoms with van der Waals surface area (Å²) in [7, 11) is 0. The van der Waals surface area contributed by atoms with Gasteiger partial charge in [-0.25, -0.2) is 14.3 Å². The van der Waals surface area contributed by atoms with Gasteiger partial charge in [-0.3, -0.25) is 4.68 Å². The Balaban J connectivity index is 1.45. The van der Waals surface area contributed by atoms with Gasteiger partial charge >= 0.3 is 12.3 Å². The summed E-state index contributed by atoms with van der Waals surface area (Å²) in [6.45, 7) is 11.1. The van der Waals surface area contributed by atoms with Gasteiger partial charge in [0.2, 0.25) is 0 Å². The molecule has 2 aliphatic heterocycles. The predicted molar refractivity (Wildman–Crippen MR) is 161 cm³/mol. The lowest BCUT2D eigenvalue weighted by atomic mass is 10.0. The molecular weight excluding hydrogens is 595 g/mol. The number of hydrogen-bond donors (Lipinski definition) is 0. The summed E-state index contributed by atoms with van der Waals surface area (Å²) < 4.78 is 59.0. The molecule has 0 aliphatic carbocycles. The van der Waals surface area contributed by atoms with Crippen molar-refractivity contribution >= 4 is 28.9 Å². The lowest BCUT2D eigenvalue weighted by Crippen LogP contribution is -2.44. The van der Waals surface area contributed by atoms with Gasteiger partial charge < -0.3 is 19.3 Å². The SMILES string of the molecule is Cc1nn(C2CCN(C(=O)OC(C)(C)C)CC2)c(C(F)(F)F)c1-c1cc(N2CCOC[C@H]2C)nc2c(-c3cccs3)cnn12. The number of halogens is 3. The molecule has 2 fully saturated rings. The third-order valence-corrected chi connectivity index (χ3v) is 8.88. The van der Waals surface area contributed by atoms with Crippen LogP contribution in [0, 0.1) is 6.92 Å². The van der Waals surface area contributed by atoms with Crippen molar-refractivity contribution in [3.63, 3.8) is 0 Å². The van der Waals surface area contributed by atoms with Gasteiger partial charge in [-0.2, -0.15) is 23.4 Å². The molecular formula is C30H36F3N7O3S. The Bertz CT molecular complexity index is 1650. The van der Waals surface area contributed by atoms with E-state index in [1.54, 1.807) is 44.9 Å². The molecule has 0 radical (unpaired) electrons. The van der Waals surface area contributed by atoms with E-state index in [9.17, 15) is 4.79 Å². The van der Waals surface area contributed by atoms with Crippen LogP contribution in [0.5, 0.6) is 0 Å². The fourth-order valence-corrected chi connectivity index (χ4v) is 6.69. The summed E-state index contributed by atoms with van der Waals surface area (Å²) in [5.41, 5.74) is 0.230. The largest absolute Gasteiger partial charge is 0.444 e. The van der Waals surface area contributed by atoms with Gasteiger partial charge in [-0.1, -0.05) is 6.07 Å². The molecule has 0 spiro atoms. The smallest absolute Gasteiger partial charge is 0.433 e. The third-order valence-electron chi connectivity index (χ3n) is 7.98. The topological polar surface area (TPSA) is 90.0 Å². The Morgan fingerprint density at radius 1 is 1.16 bits per heavy atom. The molecule has 0 unspecified atom stereocenters. The van der Waals surface area contributed by atoms with Crippen molar-refractivity contribution in [3.8, 4) is 21.7 Å².